The van der Waals surface area contributed by atoms with Crippen LogP contribution in [-0.4, -0.2) is 10.4 Å². The first-order chi connectivity index (χ1) is 12.3. The Labute approximate surface area is 154 Å². The fourth-order valence-electron chi connectivity index (χ4n) is 4.45. The van der Waals surface area contributed by atoms with E-state index in [-0.39, 0.29) is 0 Å². The average molecular weight is 336 g/mol. The minimum Gasteiger partial charge on any atom is -0.289 e. The third-order valence-electron chi connectivity index (χ3n) is 5.85. The molecule has 0 radical (unpaired) electrons. The molecule has 2 unspecified atom stereocenters. The summed E-state index contributed by atoms with van der Waals surface area (Å²) < 4.78 is 0. The molecule has 0 heterocycles. The second-order valence-electron chi connectivity index (χ2n) is 7.72. The summed E-state index contributed by atoms with van der Waals surface area (Å²) in [4.78, 5) is 2.79. The Morgan fingerprint density at radius 3 is 1.88 bits per heavy atom. The van der Waals surface area contributed by atoms with Crippen LogP contribution in [0, 0.1) is 5.92 Å². The minimum absolute atomic E-state index is 0.426. The quantitative estimate of drug-likeness (QED) is 0.483. The summed E-state index contributed by atoms with van der Waals surface area (Å²) in [6, 6.07) is 22.0. The van der Waals surface area contributed by atoms with Crippen molar-refractivity contribution in [2.45, 2.75) is 71.0 Å². The van der Waals surface area contributed by atoms with Gasteiger partial charge in [-0.2, -0.15) is 0 Å². The second-order valence-corrected chi connectivity index (χ2v) is 7.72. The topological polar surface area (TPSA) is 3.24 Å². The third-order valence-corrected chi connectivity index (χ3v) is 5.85. The lowest BCUT2D eigenvalue weighted by Crippen LogP contribution is -2.38. The van der Waals surface area contributed by atoms with Crippen molar-refractivity contribution < 1.29 is 0 Å². The molecule has 0 aromatic heterocycles. The summed E-state index contributed by atoms with van der Waals surface area (Å²) in [6.07, 6.45) is 8.09. The lowest BCUT2D eigenvalue weighted by atomic mass is 10.00. The molecule has 2 aromatic carbocycles. The first-order valence-electron chi connectivity index (χ1n) is 10.1. The van der Waals surface area contributed by atoms with Crippen molar-refractivity contribution in [2.24, 2.45) is 5.92 Å². The molecule has 1 fully saturated rings. The van der Waals surface area contributed by atoms with E-state index in [0.29, 0.717) is 5.54 Å². The van der Waals surface area contributed by atoms with Crippen LogP contribution in [0.4, 0.5) is 0 Å². The van der Waals surface area contributed by atoms with E-state index in [4.69, 9.17) is 0 Å². The highest BCUT2D eigenvalue weighted by molar-refractivity contribution is 5.21. The number of rotatable bonds is 10. The number of hydrogen-bond donors (Lipinski definition) is 0. The van der Waals surface area contributed by atoms with Crippen molar-refractivity contribution in [2.75, 3.05) is 0 Å². The van der Waals surface area contributed by atoms with Gasteiger partial charge in [0.2, 0.25) is 0 Å². The van der Waals surface area contributed by atoms with Crippen LogP contribution >= 0.6 is 0 Å². The standard InChI is InChI=1S/C24H33N/c1-3-5-16-23-18-24(23,17-4-2)25(19-21-12-8-6-9-13-21)20-22-14-10-7-11-15-22/h6-15,23H,3-5,16-20H2,1-2H3. The Bertz CT molecular complexity index is 580. The van der Waals surface area contributed by atoms with Gasteiger partial charge in [-0.05, 0) is 36.3 Å². The third kappa shape index (κ3) is 4.52. The van der Waals surface area contributed by atoms with Gasteiger partial charge in [0.15, 0.2) is 0 Å². The number of benzene rings is 2. The largest absolute Gasteiger partial charge is 0.289 e. The Morgan fingerprint density at radius 2 is 1.40 bits per heavy atom. The molecular formula is C24H33N. The van der Waals surface area contributed by atoms with Crippen LogP contribution < -0.4 is 0 Å². The van der Waals surface area contributed by atoms with Gasteiger partial charge in [0, 0.05) is 18.6 Å². The van der Waals surface area contributed by atoms with E-state index < -0.39 is 0 Å². The van der Waals surface area contributed by atoms with Gasteiger partial charge in [0.05, 0.1) is 0 Å². The van der Waals surface area contributed by atoms with E-state index in [1.165, 1.54) is 49.7 Å². The number of nitrogens with zero attached hydrogens (tertiary/aromatic N) is 1. The molecule has 2 aromatic rings. The summed E-state index contributed by atoms with van der Waals surface area (Å²) in [5.74, 6) is 0.889. The zero-order chi connectivity index (χ0) is 17.5. The Kier molecular flexibility index (Phi) is 6.31. The van der Waals surface area contributed by atoms with E-state index in [9.17, 15) is 0 Å². The molecule has 3 rings (SSSR count). The zero-order valence-electron chi connectivity index (χ0n) is 16.0. The molecule has 1 aliphatic carbocycles. The summed E-state index contributed by atoms with van der Waals surface area (Å²) >= 11 is 0. The molecule has 1 saturated carbocycles. The second kappa shape index (κ2) is 8.67. The van der Waals surface area contributed by atoms with Crippen LogP contribution in [0.3, 0.4) is 0 Å². The van der Waals surface area contributed by atoms with Crippen LogP contribution in [0.1, 0.15) is 63.5 Å². The van der Waals surface area contributed by atoms with Gasteiger partial charge in [-0.15, -0.1) is 0 Å². The zero-order valence-corrected chi connectivity index (χ0v) is 16.0. The smallest absolute Gasteiger partial charge is 0.0248 e. The van der Waals surface area contributed by atoms with Crippen molar-refractivity contribution >= 4 is 0 Å². The first kappa shape index (κ1) is 18.2. The predicted octanol–water partition coefficient (Wildman–Crippen LogP) is 6.44. The van der Waals surface area contributed by atoms with Gasteiger partial charge in [-0.3, -0.25) is 4.90 Å². The molecule has 0 N–H and O–H groups in total. The number of unbranched alkanes of at least 4 members (excludes halogenated alkanes) is 1. The highest BCUT2D eigenvalue weighted by atomic mass is 15.2. The van der Waals surface area contributed by atoms with Crippen molar-refractivity contribution in [1.29, 1.82) is 0 Å². The molecule has 1 heteroatoms. The van der Waals surface area contributed by atoms with Crippen molar-refractivity contribution in [1.82, 2.24) is 4.90 Å². The maximum Gasteiger partial charge on any atom is 0.0248 e. The van der Waals surface area contributed by atoms with E-state index in [1.807, 2.05) is 0 Å². The molecule has 1 nitrogen and oxygen atoms in total. The van der Waals surface area contributed by atoms with Gasteiger partial charge >= 0.3 is 0 Å². The van der Waals surface area contributed by atoms with E-state index in [1.54, 1.807) is 0 Å². The summed E-state index contributed by atoms with van der Waals surface area (Å²) in [5, 5.41) is 0. The van der Waals surface area contributed by atoms with Crippen LogP contribution in [0.15, 0.2) is 60.7 Å². The fraction of sp³-hybridized carbons (Fsp3) is 0.500. The van der Waals surface area contributed by atoms with Crippen LogP contribution in [0.2, 0.25) is 0 Å². The Hall–Kier alpha value is -1.60. The Morgan fingerprint density at radius 1 is 0.840 bits per heavy atom. The molecule has 25 heavy (non-hydrogen) atoms. The van der Waals surface area contributed by atoms with Crippen molar-refractivity contribution in [3.8, 4) is 0 Å². The van der Waals surface area contributed by atoms with E-state index >= 15 is 0 Å². The molecule has 0 aliphatic heterocycles. The lowest BCUT2D eigenvalue weighted by Gasteiger charge is -2.34. The highest BCUT2D eigenvalue weighted by Gasteiger charge is 2.55. The van der Waals surface area contributed by atoms with E-state index in [0.717, 1.165) is 19.0 Å². The maximum absolute atomic E-state index is 2.79. The molecule has 0 bridgehead atoms. The summed E-state index contributed by atoms with van der Waals surface area (Å²) in [7, 11) is 0. The molecule has 0 spiro atoms. The molecule has 2 atom stereocenters. The van der Waals surface area contributed by atoms with Crippen LogP contribution in [0.25, 0.3) is 0 Å². The van der Waals surface area contributed by atoms with Gasteiger partial charge in [0.25, 0.3) is 0 Å². The summed E-state index contributed by atoms with van der Waals surface area (Å²) in [5.41, 5.74) is 3.31. The molecule has 1 aliphatic rings. The summed E-state index contributed by atoms with van der Waals surface area (Å²) in [6.45, 7) is 6.80. The molecule has 0 amide bonds. The number of hydrogen-bond acceptors (Lipinski definition) is 1. The lowest BCUT2D eigenvalue weighted by molar-refractivity contribution is 0.131. The van der Waals surface area contributed by atoms with Crippen molar-refractivity contribution in [3.05, 3.63) is 71.8 Å². The normalized spacial score (nSPS) is 22.3. The first-order valence-corrected chi connectivity index (χ1v) is 10.1. The van der Waals surface area contributed by atoms with Crippen molar-refractivity contribution in [3.63, 3.8) is 0 Å². The molecule has 0 saturated heterocycles. The highest BCUT2D eigenvalue weighted by Crippen LogP contribution is 2.55. The molecule has 134 valence electrons. The van der Waals surface area contributed by atoms with Gasteiger partial charge in [0.1, 0.15) is 0 Å². The SMILES string of the molecule is CCCCC1CC1(CCC)N(Cc1ccccc1)Cc1ccccc1. The molecular weight excluding hydrogens is 302 g/mol. The van der Waals surface area contributed by atoms with Gasteiger partial charge in [-0.1, -0.05) is 93.8 Å². The minimum atomic E-state index is 0.426. The fourth-order valence-corrected chi connectivity index (χ4v) is 4.45. The average Bonchev–Trinajstić information content (AvgIpc) is 3.35. The maximum atomic E-state index is 2.79. The predicted molar refractivity (Wildman–Crippen MR) is 107 cm³/mol. The van der Waals surface area contributed by atoms with Crippen LogP contribution in [-0.2, 0) is 13.1 Å². The van der Waals surface area contributed by atoms with Gasteiger partial charge in [-0.25, -0.2) is 0 Å². The van der Waals surface area contributed by atoms with E-state index in [2.05, 4.69) is 79.4 Å². The Balaban J connectivity index is 1.81. The van der Waals surface area contributed by atoms with Gasteiger partial charge < -0.3 is 0 Å². The monoisotopic (exact) mass is 335 g/mol. The van der Waals surface area contributed by atoms with Crippen LogP contribution in [0.5, 0.6) is 0 Å².